The Bertz CT molecular complexity index is 518. The fraction of sp³-hybridized carbons (Fsp3) is 0.385. The summed E-state index contributed by atoms with van der Waals surface area (Å²) in [6.07, 6.45) is 2.52. The van der Waals surface area contributed by atoms with E-state index in [1.165, 1.54) is 24.1 Å². The van der Waals surface area contributed by atoms with Crippen LogP contribution in [-0.4, -0.2) is 29.3 Å². The van der Waals surface area contributed by atoms with E-state index in [0.717, 1.165) is 18.7 Å². The lowest BCUT2D eigenvalue weighted by Gasteiger charge is -2.15. The summed E-state index contributed by atoms with van der Waals surface area (Å²) in [5.41, 5.74) is 3.32. The fourth-order valence-corrected chi connectivity index (χ4v) is 2.26. The van der Waals surface area contributed by atoms with Crippen molar-refractivity contribution in [3.63, 3.8) is 0 Å². The first-order chi connectivity index (χ1) is 8.83. The molecule has 2 aromatic rings. The third-order valence-electron chi connectivity index (χ3n) is 3.25. The van der Waals surface area contributed by atoms with E-state index in [-0.39, 0.29) is 0 Å². The maximum Gasteiger partial charge on any atom is 0.247 e. The van der Waals surface area contributed by atoms with Gasteiger partial charge in [0, 0.05) is 23.8 Å². The smallest absolute Gasteiger partial charge is 0.247 e. The highest BCUT2D eigenvalue weighted by Gasteiger charge is 2.15. The molecule has 1 aliphatic heterocycles. The second-order valence-electron chi connectivity index (χ2n) is 4.61. The van der Waals surface area contributed by atoms with Gasteiger partial charge in [0.05, 0.1) is 0 Å². The molecule has 5 nitrogen and oxygen atoms in total. The summed E-state index contributed by atoms with van der Waals surface area (Å²) >= 11 is 0. The average molecular weight is 244 g/mol. The first-order valence-electron chi connectivity index (χ1n) is 6.17. The van der Waals surface area contributed by atoms with Gasteiger partial charge in [-0.3, -0.25) is 0 Å². The summed E-state index contributed by atoms with van der Waals surface area (Å²) in [6, 6.07) is 6.68. The Labute approximate surface area is 106 Å². The van der Waals surface area contributed by atoms with E-state index in [2.05, 4.69) is 39.9 Å². The Morgan fingerprint density at radius 3 is 3.06 bits per heavy atom. The lowest BCUT2D eigenvalue weighted by molar-refractivity contribution is 0.568. The molecule has 1 atom stereocenters. The molecule has 94 valence electrons. The third-order valence-corrected chi connectivity index (χ3v) is 3.25. The highest BCUT2D eigenvalue weighted by Crippen LogP contribution is 2.24. The standard InChI is InChI=1S/C13H16N4O/c1-9-6-10(13-17-15-8-18-13)2-3-12(9)16-11-4-5-14-7-11/h2-3,6,8,11,14,16H,4-5,7H2,1H3. The molecule has 0 radical (unpaired) electrons. The van der Waals surface area contributed by atoms with Gasteiger partial charge >= 0.3 is 0 Å². The number of aromatic nitrogens is 2. The van der Waals surface area contributed by atoms with Crippen molar-refractivity contribution in [2.75, 3.05) is 18.4 Å². The Kier molecular flexibility index (Phi) is 2.98. The zero-order valence-electron chi connectivity index (χ0n) is 10.3. The summed E-state index contributed by atoms with van der Waals surface area (Å²) in [5, 5.41) is 14.5. The molecule has 0 aliphatic carbocycles. The Balaban J connectivity index is 1.80. The Morgan fingerprint density at radius 1 is 1.44 bits per heavy atom. The van der Waals surface area contributed by atoms with Gasteiger partial charge < -0.3 is 15.1 Å². The number of aryl methyl sites for hydroxylation is 1. The molecule has 18 heavy (non-hydrogen) atoms. The van der Waals surface area contributed by atoms with Crippen LogP contribution in [0.5, 0.6) is 0 Å². The maximum absolute atomic E-state index is 5.20. The lowest BCUT2D eigenvalue weighted by Crippen LogP contribution is -2.22. The van der Waals surface area contributed by atoms with Gasteiger partial charge in [0.25, 0.3) is 0 Å². The highest BCUT2D eigenvalue weighted by atomic mass is 16.4. The zero-order chi connectivity index (χ0) is 12.4. The molecule has 2 heterocycles. The van der Waals surface area contributed by atoms with Crippen LogP contribution in [0.25, 0.3) is 11.5 Å². The second-order valence-corrected chi connectivity index (χ2v) is 4.61. The van der Waals surface area contributed by atoms with Gasteiger partial charge in [-0.05, 0) is 43.7 Å². The normalized spacial score (nSPS) is 19.1. The second kappa shape index (κ2) is 4.78. The van der Waals surface area contributed by atoms with Crippen molar-refractivity contribution < 1.29 is 4.42 Å². The molecule has 1 aliphatic rings. The summed E-state index contributed by atoms with van der Waals surface area (Å²) in [7, 11) is 0. The van der Waals surface area contributed by atoms with Gasteiger partial charge in [-0.25, -0.2) is 0 Å². The number of benzene rings is 1. The molecule has 2 N–H and O–H groups in total. The van der Waals surface area contributed by atoms with E-state index in [4.69, 9.17) is 4.42 Å². The van der Waals surface area contributed by atoms with Crippen LogP contribution < -0.4 is 10.6 Å². The number of hydrogen-bond donors (Lipinski definition) is 2. The van der Waals surface area contributed by atoms with Crippen molar-refractivity contribution in [1.82, 2.24) is 15.5 Å². The minimum absolute atomic E-state index is 0.526. The predicted molar refractivity (Wildman–Crippen MR) is 69.4 cm³/mol. The summed E-state index contributed by atoms with van der Waals surface area (Å²) in [5.74, 6) is 0.562. The summed E-state index contributed by atoms with van der Waals surface area (Å²) in [6.45, 7) is 4.21. The molecule has 1 aromatic carbocycles. The number of hydrogen-bond acceptors (Lipinski definition) is 5. The number of rotatable bonds is 3. The van der Waals surface area contributed by atoms with Gasteiger partial charge in [-0.2, -0.15) is 0 Å². The van der Waals surface area contributed by atoms with Crippen LogP contribution in [0.3, 0.4) is 0 Å². The molecule has 5 heteroatoms. The van der Waals surface area contributed by atoms with E-state index in [1.807, 2.05) is 6.07 Å². The van der Waals surface area contributed by atoms with E-state index in [1.54, 1.807) is 0 Å². The lowest BCUT2D eigenvalue weighted by atomic mass is 10.1. The van der Waals surface area contributed by atoms with E-state index >= 15 is 0 Å². The molecular weight excluding hydrogens is 228 g/mol. The van der Waals surface area contributed by atoms with Gasteiger partial charge in [0.2, 0.25) is 12.3 Å². The Morgan fingerprint density at radius 2 is 2.39 bits per heavy atom. The fourth-order valence-electron chi connectivity index (χ4n) is 2.26. The van der Waals surface area contributed by atoms with Crippen molar-refractivity contribution in [3.05, 3.63) is 30.2 Å². The summed E-state index contributed by atoms with van der Waals surface area (Å²) < 4.78 is 5.20. The number of nitrogens with zero attached hydrogens (tertiary/aromatic N) is 2. The minimum atomic E-state index is 0.526. The van der Waals surface area contributed by atoms with Crippen LogP contribution in [0, 0.1) is 6.92 Å². The molecule has 0 saturated carbocycles. The third kappa shape index (κ3) is 2.22. The van der Waals surface area contributed by atoms with Crippen LogP contribution in [0.15, 0.2) is 29.0 Å². The first kappa shape index (κ1) is 11.2. The summed E-state index contributed by atoms with van der Waals surface area (Å²) in [4.78, 5) is 0. The van der Waals surface area contributed by atoms with Crippen LogP contribution in [0.2, 0.25) is 0 Å². The van der Waals surface area contributed by atoms with Crippen molar-refractivity contribution >= 4 is 5.69 Å². The molecule has 0 spiro atoms. The van der Waals surface area contributed by atoms with Crippen molar-refractivity contribution in [2.24, 2.45) is 0 Å². The van der Waals surface area contributed by atoms with Gasteiger partial charge in [0.1, 0.15) is 0 Å². The average Bonchev–Trinajstić information content (AvgIpc) is 3.04. The predicted octanol–water partition coefficient (Wildman–Crippen LogP) is 1.82. The molecule has 3 rings (SSSR count). The molecular formula is C13H16N4O. The largest absolute Gasteiger partial charge is 0.423 e. The molecule has 0 amide bonds. The van der Waals surface area contributed by atoms with Crippen molar-refractivity contribution in [3.8, 4) is 11.5 Å². The molecule has 1 fully saturated rings. The van der Waals surface area contributed by atoms with Crippen LogP contribution in [0.1, 0.15) is 12.0 Å². The van der Waals surface area contributed by atoms with Crippen molar-refractivity contribution in [1.29, 1.82) is 0 Å². The van der Waals surface area contributed by atoms with E-state index in [9.17, 15) is 0 Å². The van der Waals surface area contributed by atoms with Gasteiger partial charge in [0.15, 0.2) is 0 Å². The topological polar surface area (TPSA) is 63.0 Å². The minimum Gasteiger partial charge on any atom is -0.423 e. The molecule has 1 aromatic heterocycles. The monoisotopic (exact) mass is 244 g/mol. The number of anilines is 1. The first-order valence-corrected chi connectivity index (χ1v) is 6.17. The van der Waals surface area contributed by atoms with Crippen molar-refractivity contribution in [2.45, 2.75) is 19.4 Å². The van der Waals surface area contributed by atoms with Crippen LogP contribution in [-0.2, 0) is 0 Å². The van der Waals surface area contributed by atoms with Gasteiger partial charge in [-0.1, -0.05) is 0 Å². The Hall–Kier alpha value is -1.88. The SMILES string of the molecule is Cc1cc(-c2nnco2)ccc1NC1CCNC1. The molecule has 1 saturated heterocycles. The molecule has 0 bridgehead atoms. The quantitative estimate of drug-likeness (QED) is 0.862. The van der Waals surface area contributed by atoms with Crippen LogP contribution in [0.4, 0.5) is 5.69 Å². The highest BCUT2D eigenvalue weighted by molar-refractivity contribution is 5.62. The van der Waals surface area contributed by atoms with Crippen LogP contribution >= 0.6 is 0 Å². The van der Waals surface area contributed by atoms with Gasteiger partial charge in [-0.15, -0.1) is 10.2 Å². The van der Waals surface area contributed by atoms with E-state index in [0.29, 0.717) is 11.9 Å². The maximum atomic E-state index is 5.20. The van der Waals surface area contributed by atoms with E-state index < -0.39 is 0 Å². The molecule has 1 unspecified atom stereocenters. The number of nitrogens with one attached hydrogen (secondary N) is 2. The zero-order valence-corrected chi connectivity index (χ0v) is 10.3.